The number of anilines is 1. The fourth-order valence-electron chi connectivity index (χ4n) is 0.820. The van der Waals surface area contributed by atoms with Crippen molar-refractivity contribution >= 4 is 11.8 Å². The Labute approximate surface area is 69.9 Å². The molecule has 0 saturated carbocycles. The number of rotatable bonds is 3. The molecule has 1 aromatic rings. The molecule has 0 aliphatic carbocycles. The summed E-state index contributed by atoms with van der Waals surface area (Å²) in [4.78, 5) is 9.78. The molecule has 1 N–H and O–H groups in total. The zero-order valence-electron chi connectivity index (χ0n) is 6.57. The van der Waals surface area contributed by atoms with Gasteiger partial charge in [-0.3, -0.25) is 5.43 Å². The van der Waals surface area contributed by atoms with Crippen LogP contribution in [0.2, 0.25) is 0 Å². The Bertz CT molecular complexity index is 306. The Morgan fingerprint density at radius 1 is 1.50 bits per heavy atom. The van der Waals surface area contributed by atoms with E-state index in [2.05, 4.69) is 10.5 Å². The molecule has 0 saturated heterocycles. The van der Waals surface area contributed by atoms with E-state index in [0.717, 1.165) is 0 Å². The number of nitrogens with zero attached hydrogens (tertiary/aromatic N) is 1. The summed E-state index contributed by atoms with van der Waals surface area (Å²) in [7, 11) is 1.55. The van der Waals surface area contributed by atoms with Crippen molar-refractivity contribution in [3.63, 3.8) is 0 Å². The fourth-order valence-corrected chi connectivity index (χ4v) is 0.820. The standard InChI is InChI=1S/C8H8N2O2/c1-12-8-5-3-2-4-7(8)10-9-6-11/h2-5,10H,1H3. The summed E-state index contributed by atoms with van der Waals surface area (Å²) in [6.45, 7) is 0. The third-order valence-corrected chi connectivity index (χ3v) is 1.33. The van der Waals surface area contributed by atoms with E-state index in [4.69, 9.17) is 4.74 Å². The Kier molecular flexibility index (Phi) is 2.87. The molecule has 0 aromatic heterocycles. The van der Waals surface area contributed by atoms with Gasteiger partial charge >= 0.3 is 0 Å². The van der Waals surface area contributed by atoms with E-state index >= 15 is 0 Å². The summed E-state index contributed by atoms with van der Waals surface area (Å²) in [5.41, 5.74) is 3.13. The Morgan fingerprint density at radius 2 is 2.25 bits per heavy atom. The van der Waals surface area contributed by atoms with Crippen LogP contribution >= 0.6 is 0 Å². The summed E-state index contributed by atoms with van der Waals surface area (Å²) in [5.74, 6) is 0.636. The van der Waals surface area contributed by atoms with Crippen LogP contribution in [0, 0.1) is 0 Å². The van der Waals surface area contributed by atoms with Crippen molar-refractivity contribution in [3.8, 4) is 5.75 Å². The minimum absolute atomic E-state index is 0.636. The quantitative estimate of drug-likeness (QED) is 0.417. The number of benzene rings is 1. The molecule has 1 rings (SSSR count). The first-order valence-electron chi connectivity index (χ1n) is 3.34. The van der Waals surface area contributed by atoms with Crippen LogP contribution < -0.4 is 10.2 Å². The van der Waals surface area contributed by atoms with Crippen molar-refractivity contribution in [2.75, 3.05) is 12.5 Å². The lowest BCUT2D eigenvalue weighted by atomic mass is 10.3. The van der Waals surface area contributed by atoms with Gasteiger partial charge in [-0.05, 0) is 12.1 Å². The highest BCUT2D eigenvalue weighted by molar-refractivity contribution is 5.56. The summed E-state index contributed by atoms with van der Waals surface area (Å²) < 4.78 is 4.99. The van der Waals surface area contributed by atoms with Crippen molar-refractivity contribution in [2.45, 2.75) is 0 Å². The second-order valence-electron chi connectivity index (χ2n) is 2.02. The molecule has 0 fully saturated rings. The van der Waals surface area contributed by atoms with Crippen LogP contribution in [0.15, 0.2) is 29.4 Å². The van der Waals surface area contributed by atoms with Crippen LogP contribution in [0.4, 0.5) is 5.69 Å². The minimum atomic E-state index is 0.636. The van der Waals surface area contributed by atoms with Gasteiger partial charge in [0.25, 0.3) is 6.08 Å². The predicted molar refractivity (Wildman–Crippen MR) is 44.7 cm³/mol. The van der Waals surface area contributed by atoms with E-state index < -0.39 is 0 Å². The lowest BCUT2D eigenvalue weighted by molar-refractivity contribution is 0.416. The topological polar surface area (TPSA) is 50.7 Å². The monoisotopic (exact) mass is 164 g/mol. The third kappa shape index (κ3) is 1.84. The fraction of sp³-hybridized carbons (Fsp3) is 0.125. The zero-order valence-corrected chi connectivity index (χ0v) is 6.57. The normalized spacial score (nSPS) is 8.42. The Balaban J connectivity index is 2.88. The van der Waals surface area contributed by atoms with E-state index in [1.807, 2.05) is 12.1 Å². The maximum Gasteiger partial charge on any atom is 0.258 e. The Morgan fingerprint density at radius 3 is 2.92 bits per heavy atom. The number of methoxy groups -OCH3 is 1. The maximum atomic E-state index is 9.78. The van der Waals surface area contributed by atoms with Gasteiger partial charge < -0.3 is 4.74 Å². The van der Waals surface area contributed by atoms with Gasteiger partial charge in [-0.2, -0.15) is 0 Å². The van der Waals surface area contributed by atoms with E-state index in [0.29, 0.717) is 11.4 Å². The van der Waals surface area contributed by atoms with Gasteiger partial charge in [0.05, 0.1) is 12.8 Å². The number of nitrogens with one attached hydrogen (secondary N) is 1. The van der Waals surface area contributed by atoms with Gasteiger partial charge in [-0.15, -0.1) is 0 Å². The number of hydrazone groups is 1. The first kappa shape index (κ1) is 8.30. The van der Waals surface area contributed by atoms with E-state index in [-0.39, 0.29) is 0 Å². The van der Waals surface area contributed by atoms with Crippen molar-refractivity contribution in [3.05, 3.63) is 24.3 Å². The Hall–Kier alpha value is -1.80. The van der Waals surface area contributed by atoms with Gasteiger partial charge in [0.2, 0.25) is 0 Å². The molecule has 1 aromatic carbocycles. The van der Waals surface area contributed by atoms with Gasteiger partial charge in [0, 0.05) is 0 Å². The molecule has 0 bridgehead atoms. The van der Waals surface area contributed by atoms with Gasteiger partial charge in [-0.1, -0.05) is 17.2 Å². The summed E-state index contributed by atoms with van der Waals surface area (Å²) in [6.07, 6.45) is 1.38. The first-order chi connectivity index (χ1) is 5.88. The van der Waals surface area contributed by atoms with Gasteiger partial charge in [0.15, 0.2) is 0 Å². The number of hydrogen-bond acceptors (Lipinski definition) is 4. The summed E-state index contributed by atoms with van der Waals surface area (Å²) >= 11 is 0. The van der Waals surface area contributed by atoms with Crippen molar-refractivity contribution in [1.29, 1.82) is 0 Å². The first-order valence-corrected chi connectivity index (χ1v) is 3.34. The average Bonchev–Trinajstić information content (AvgIpc) is 2.15. The number of ether oxygens (including phenoxy) is 1. The van der Waals surface area contributed by atoms with Gasteiger partial charge in [-0.25, -0.2) is 4.79 Å². The molecule has 0 amide bonds. The lowest BCUT2D eigenvalue weighted by Crippen LogP contribution is -1.91. The van der Waals surface area contributed by atoms with Crippen LogP contribution in [0.3, 0.4) is 0 Å². The predicted octanol–water partition coefficient (Wildman–Crippen LogP) is 1.36. The van der Waals surface area contributed by atoms with Crippen LogP contribution in [0.1, 0.15) is 0 Å². The molecular weight excluding hydrogens is 156 g/mol. The SMILES string of the molecule is COc1ccccc1NN=C=O. The minimum Gasteiger partial charge on any atom is -0.495 e. The van der Waals surface area contributed by atoms with Crippen LogP contribution in [-0.2, 0) is 4.79 Å². The molecule has 0 heterocycles. The van der Waals surface area contributed by atoms with E-state index in [9.17, 15) is 4.79 Å². The van der Waals surface area contributed by atoms with Crippen LogP contribution in [0.5, 0.6) is 5.75 Å². The van der Waals surface area contributed by atoms with E-state index in [1.54, 1.807) is 19.2 Å². The maximum absolute atomic E-state index is 9.78. The largest absolute Gasteiger partial charge is 0.495 e. The molecule has 12 heavy (non-hydrogen) atoms. The second kappa shape index (κ2) is 4.16. The molecule has 62 valence electrons. The van der Waals surface area contributed by atoms with Crippen molar-refractivity contribution in [1.82, 2.24) is 0 Å². The number of hydrogen-bond donors (Lipinski definition) is 1. The van der Waals surface area contributed by atoms with Crippen molar-refractivity contribution < 1.29 is 9.53 Å². The molecule has 0 atom stereocenters. The summed E-state index contributed by atoms with van der Waals surface area (Å²) in [5, 5.41) is 3.22. The molecule has 0 unspecified atom stereocenters. The highest BCUT2D eigenvalue weighted by Crippen LogP contribution is 2.22. The second-order valence-corrected chi connectivity index (χ2v) is 2.02. The molecular formula is C8H8N2O2. The molecule has 4 nitrogen and oxygen atoms in total. The zero-order chi connectivity index (χ0) is 8.81. The highest BCUT2D eigenvalue weighted by Gasteiger charge is 1.97. The smallest absolute Gasteiger partial charge is 0.258 e. The number of para-hydroxylation sites is 2. The van der Waals surface area contributed by atoms with Gasteiger partial charge in [0.1, 0.15) is 5.75 Å². The van der Waals surface area contributed by atoms with Crippen molar-refractivity contribution in [2.24, 2.45) is 5.10 Å². The average molecular weight is 164 g/mol. The van der Waals surface area contributed by atoms with Crippen LogP contribution in [-0.4, -0.2) is 13.2 Å². The van der Waals surface area contributed by atoms with Crippen LogP contribution in [0.25, 0.3) is 0 Å². The number of isocyanates is 1. The van der Waals surface area contributed by atoms with E-state index in [1.165, 1.54) is 6.08 Å². The molecule has 0 radical (unpaired) electrons. The third-order valence-electron chi connectivity index (χ3n) is 1.33. The highest BCUT2D eigenvalue weighted by atomic mass is 16.5. The summed E-state index contributed by atoms with van der Waals surface area (Å²) in [6, 6.07) is 7.15. The molecule has 4 heteroatoms. The molecule has 0 spiro atoms. The molecule has 0 aliphatic rings. The number of carbonyl (C=O) groups excluding carboxylic acids is 1. The lowest BCUT2D eigenvalue weighted by Gasteiger charge is -2.04. The molecule has 0 aliphatic heterocycles.